The summed E-state index contributed by atoms with van der Waals surface area (Å²) < 4.78 is 29.9. The number of hydrazine groups is 1. The van der Waals surface area contributed by atoms with Crippen molar-refractivity contribution in [3.63, 3.8) is 0 Å². The van der Waals surface area contributed by atoms with E-state index in [4.69, 9.17) is 10.5 Å². The van der Waals surface area contributed by atoms with Crippen LogP contribution in [0.15, 0.2) is 59.8 Å². The second kappa shape index (κ2) is 8.76. The molecule has 0 atom stereocenters. The fourth-order valence-corrected chi connectivity index (χ4v) is 3.30. The molecular weight excluding hydrogens is 392 g/mol. The maximum absolute atomic E-state index is 12.4. The number of nitrogen functional groups attached to an aromatic ring is 1. The third-order valence-corrected chi connectivity index (χ3v) is 5.40. The Labute approximate surface area is 169 Å². The molecule has 3 rings (SSSR count). The van der Waals surface area contributed by atoms with Gasteiger partial charge in [-0.25, -0.2) is 18.4 Å². The van der Waals surface area contributed by atoms with E-state index in [2.05, 4.69) is 25.5 Å². The average molecular weight is 414 g/mol. The van der Waals surface area contributed by atoms with Gasteiger partial charge in [-0.05, 0) is 36.8 Å². The number of hydrogen-bond donors (Lipinski definition) is 4. The van der Waals surface area contributed by atoms with Crippen LogP contribution in [-0.2, 0) is 16.6 Å². The quantitative estimate of drug-likeness (QED) is 0.413. The van der Waals surface area contributed by atoms with Crippen LogP contribution in [0.25, 0.3) is 0 Å². The standard InChI is InChI=1S/C19H22N6O3S/c1-13-3-9-16(10-4-13)29(26,27)25-24-19-17(20)18(22-12-23-19)21-11-14-5-7-15(28-2)8-6-14/h3-10,12,25H,11,20H2,1-2H3,(H2,21,22,23,24). The van der Waals surface area contributed by atoms with E-state index in [1.165, 1.54) is 18.5 Å². The van der Waals surface area contributed by atoms with Crippen LogP contribution < -0.4 is 26.0 Å². The third kappa shape index (κ3) is 5.12. The van der Waals surface area contributed by atoms with Crippen LogP contribution in [0, 0.1) is 6.92 Å². The van der Waals surface area contributed by atoms with E-state index in [0.717, 1.165) is 16.9 Å². The van der Waals surface area contributed by atoms with Crippen LogP contribution in [0.3, 0.4) is 0 Å². The van der Waals surface area contributed by atoms with Crippen LogP contribution in [-0.4, -0.2) is 25.5 Å². The van der Waals surface area contributed by atoms with Crippen molar-refractivity contribution in [2.75, 3.05) is 23.6 Å². The Morgan fingerprint density at radius 2 is 1.66 bits per heavy atom. The molecule has 3 aromatic rings. The number of benzene rings is 2. The number of sulfonamides is 1. The first kappa shape index (κ1) is 20.4. The summed E-state index contributed by atoms with van der Waals surface area (Å²) in [6, 6.07) is 14.0. The van der Waals surface area contributed by atoms with Gasteiger partial charge in [-0.1, -0.05) is 29.8 Å². The van der Waals surface area contributed by atoms with Crippen LogP contribution in [0.5, 0.6) is 5.75 Å². The lowest BCUT2D eigenvalue weighted by atomic mass is 10.2. The van der Waals surface area contributed by atoms with Crippen molar-refractivity contribution < 1.29 is 13.2 Å². The van der Waals surface area contributed by atoms with Gasteiger partial charge in [0.15, 0.2) is 11.6 Å². The smallest absolute Gasteiger partial charge is 0.257 e. The van der Waals surface area contributed by atoms with Gasteiger partial charge in [0.05, 0.1) is 12.0 Å². The van der Waals surface area contributed by atoms with Crippen molar-refractivity contribution in [3.8, 4) is 5.75 Å². The monoisotopic (exact) mass is 414 g/mol. The van der Waals surface area contributed by atoms with Crippen molar-refractivity contribution in [3.05, 3.63) is 66.0 Å². The van der Waals surface area contributed by atoms with E-state index in [-0.39, 0.29) is 16.4 Å². The van der Waals surface area contributed by atoms with E-state index in [1.54, 1.807) is 19.2 Å². The maximum atomic E-state index is 12.4. The fraction of sp³-hybridized carbons (Fsp3) is 0.158. The number of aromatic nitrogens is 2. The zero-order valence-electron chi connectivity index (χ0n) is 16.0. The lowest BCUT2D eigenvalue weighted by Gasteiger charge is -2.13. The molecule has 0 radical (unpaired) electrons. The van der Waals surface area contributed by atoms with E-state index in [1.807, 2.05) is 31.2 Å². The minimum atomic E-state index is -3.78. The van der Waals surface area contributed by atoms with Crippen molar-refractivity contribution in [2.45, 2.75) is 18.4 Å². The Hall–Kier alpha value is -3.37. The normalized spacial score (nSPS) is 11.1. The highest BCUT2D eigenvalue weighted by Crippen LogP contribution is 2.23. The minimum absolute atomic E-state index is 0.126. The van der Waals surface area contributed by atoms with Gasteiger partial charge in [0.1, 0.15) is 17.8 Å². The van der Waals surface area contributed by atoms with E-state index < -0.39 is 10.0 Å². The number of anilines is 3. The molecular formula is C19H22N6O3S. The summed E-state index contributed by atoms with van der Waals surface area (Å²) in [7, 11) is -2.17. The molecule has 0 unspecified atom stereocenters. The number of nitrogens with zero attached hydrogens (tertiary/aromatic N) is 2. The van der Waals surface area contributed by atoms with Crippen LogP contribution in [0.4, 0.5) is 17.3 Å². The highest BCUT2D eigenvalue weighted by Gasteiger charge is 2.15. The van der Waals surface area contributed by atoms with Crippen molar-refractivity contribution in [1.29, 1.82) is 0 Å². The Bertz CT molecular complexity index is 1070. The highest BCUT2D eigenvalue weighted by atomic mass is 32.2. The number of nitrogens with one attached hydrogen (secondary N) is 3. The third-order valence-electron chi connectivity index (χ3n) is 4.14. The summed E-state index contributed by atoms with van der Waals surface area (Å²) in [5.74, 6) is 1.29. The van der Waals surface area contributed by atoms with Gasteiger partial charge in [-0.3, -0.25) is 5.43 Å². The van der Waals surface area contributed by atoms with E-state index in [9.17, 15) is 8.42 Å². The minimum Gasteiger partial charge on any atom is -0.497 e. The molecule has 0 aliphatic carbocycles. The van der Waals surface area contributed by atoms with E-state index in [0.29, 0.717) is 12.4 Å². The predicted molar refractivity (Wildman–Crippen MR) is 112 cm³/mol. The summed E-state index contributed by atoms with van der Waals surface area (Å²) in [5.41, 5.74) is 10.8. The zero-order valence-corrected chi connectivity index (χ0v) is 16.8. The number of ether oxygens (including phenoxy) is 1. The molecule has 5 N–H and O–H groups in total. The molecule has 2 aromatic carbocycles. The predicted octanol–water partition coefficient (Wildman–Crippen LogP) is 2.29. The maximum Gasteiger partial charge on any atom is 0.257 e. The van der Waals surface area contributed by atoms with Gasteiger partial charge in [-0.2, -0.15) is 0 Å². The molecule has 1 aromatic heterocycles. The van der Waals surface area contributed by atoms with Crippen LogP contribution in [0.2, 0.25) is 0 Å². The van der Waals surface area contributed by atoms with Gasteiger partial charge in [-0.15, -0.1) is 4.83 Å². The first-order chi connectivity index (χ1) is 13.9. The molecule has 29 heavy (non-hydrogen) atoms. The first-order valence-electron chi connectivity index (χ1n) is 8.71. The van der Waals surface area contributed by atoms with E-state index >= 15 is 0 Å². The number of aryl methyl sites for hydroxylation is 1. The van der Waals surface area contributed by atoms with Gasteiger partial charge < -0.3 is 15.8 Å². The Kier molecular flexibility index (Phi) is 6.15. The molecule has 152 valence electrons. The second-order valence-electron chi connectivity index (χ2n) is 6.23. The molecule has 1 heterocycles. The summed E-state index contributed by atoms with van der Waals surface area (Å²) in [4.78, 5) is 10.5. The van der Waals surface area contributed by atoms with Gasteiger partial charge >= 0.3 is 0 Å². The fourth-order valence-electron chi connectivity index (χ4n) is 2.46. The molecule has 0 aliphatic heterocycles. The van der Waals surface area contributed by atoms with Crippen molar-refractivity contribution in [2.24, 2.45) is 0 Å². The highest BCUT2D eigenvalue weighted by molar-refractivity contribution is 7.89. The summed E-state index contributed by atoms with van der Waals surface area (Å²) in [6.07, 6.45) is 1.29. The molecule has 0 aliphatic rings. The Morgan fingerprint density at radius 1 is 1.00 bits per heavy atom. The topological polar surface area (TPSA) is 131 Å². The summed E-state index contributed by atoms with van der Waals surface area (Å²) in [6.45, 7) is 2.35. The average Bonchev–Trinajstić information content (AvgIpc) is 2.73. The zero-order chi connectivity index (χ0) is 20.9. The molecule has 10 heteroatoms. The number of rotatable bonds is 8. The Morgan fingerprint density at radius 3 is 2.31 bits per heavy atom. The van der Waals surface area contributed by atoms with Gasteiger partial charge in [0, 0.05) is 6.54 Å². The molecule has 0 amide bonds. The number of hydrogen-bond acceptors (Lipinski definition) is 8. The second-order valence-corrected chi connectivity index (χ2v) is 7.91. The lowest BCUT2D eigenvalue weighted by molar-refractivity contribution is 0.414. The first-order valence-corrected chi connectivity index (χ1v) is 10.2. The van der Waals surface area contributed by atoms with Crippen molar-refractivity contribution in [1.82, 2.24) is 14.8 Å². The molecule has 0 saturated carbocycles. The molecule has 0 fully saturated rings. The SMILES string of the molecule is COc1ccc(CNc2ncnc(NNS(=O)(=O)c3ccc(C)cc3)c2N)cc1. The Balaban J connectivity index is 1.67. The largest absolute Gasteiger partial charge is 0.497 e. The van der Waals surface area contributed by atoms with Crippen molar-refractivity contribution >= 4 is 27.3 Å². The molecule has 0 saturated heterocycles. The summed E-state index contributed by atoms with van der Waals surface area (Å²) >= 11 is 0. The van der Waals surface area contributed by atoms with Crippen LogP contribution >= 0.6 is 0 Å². The number of nitrogens with two attached hydrogens (primary N) is 1. The van der Waals surface area contributed by atoms with Crippen LogP contribution in [0.1, 0.15) is 11.1 Å². The molecule has 0 bridgehead atoms. The lowest BCUT2D eigenvalue weighted by Crippen LogP contribution is -2.30. The molecule has 0 spiro atoms. The summed E-state index contributed by atoms with van der Waals surface area (Å²) in [5, 5.41) is 3.11. The molecule has 9 nitrogen and oxygen atoms in total. The van der Waals surface area contributed by atoms with Gasteiger partial charge in [0.25, 0.3) is 10.0 Å². The number of methoxy groups -OCH3 is 1. The van der Waals surface area contributed by atoms with Gasteiger partial charge in [0.2, 0.25) is 0 Å².